The van der Waals surface area contributed by atoms with Crippen molar-refractivity contribution in [1.82, 2.24) is 0 Å². The molecule has 1 aromatic rings. The third kappa shape index (κ3) is 2.70. The number of esters is 1. The molecule has 1 aromatic carbocycles. The van der Waals surface area contributed by atoms with Crippen molar-refractivity contribution in [2.45, 2.75) is 31.8 Å². The molecular formula is C13H16O4. The van der Waals surface area contributed by atoms with Crippen LogP contribution in [-0.2, 0) is 4.74 Å². The van der Waals surface area contributed by atoms with Crippen LogP contribution in [0.25, 0.3) is 0 Å². The van der Waals surface area contributed by atoms with E-state index in [0.717, 1.165) is 25.7 Å². The summed E-state index contributed by atoms with van der Waals surface area (Å²) in [6.45, 7) is 0. The first-order valence-corrected chi connectivity index (χ1v) is 5.78. The molecule has 0 saturated heterocycles. The van der Waals surface area contributed by atoms with Crippen molar-refractivity contribution in [3.05, 3.63) is 23.8 Å². The number of carbonyl (C=O) groups excluding carboxylic acids is 1. The van der Waals surface area contributed by atoms with Crippen LogP contribution < -0.4 is 4.74 Å². The molecule has 2 rings (SSSR count). The van der Waals surface area contributed by atoms with Crippen LogP contribution in [0.1, 0.15) is 36.0 Å². The molecule has 1 N–H and O–H groups in total. The van der Waals surface area contributed by atoms with Gasteiger partial charge in [-0.3, -0.25) is 0 Å². The number of carbonyl (C=O) groups is 1. The van der Waals surface area contributed by atoms with Crippen molar-refractivity contribution >= 4 is 5.97 Å². The Kier molecular flexibility index (Phi) is 3.52. The van der Waals surface area contributed by atoms with Crippen LogP contribution in [0.3, 0.4) is 0 Å². The molecule has 0 amide bonds. The number of phenols is 1. The molecule has 4 nitrogen and oxygen atoms in total. The summed E-state index contributed by atoms with van der Waals surface area (Å²) in [4.78, 5) is 11.8. The van der Waals surface area contributed by atoms with Gasteiger partial charge in [0.05, 0.1) is 12.7 Å². The molecule has 1 fully saturated rings. The van der Waals surface area contributed by atoms with E-state index < -0.39 is 0 Å². The Morgan fingerprint density at radius 2 is 2.06 bits per heavy atom. The summed E-state index contributed by atoms with van der Waals surface area (Å²) in [6, 6.07) is 4.46. The van der Waals surface area contributed by atoms with E-state index >= 15 is 0 Å². The smallest absolute Gasteiger partial charge is 0.338 e. The number of phenolic OH excluding ortho intramolecular Hbond substituents is 1. The molecule has 0 unspecified atom stereocenters. The highest BCUT2D eigenvalue weighted by atomic mass is 16.5. The van der Waals surface area contributed by atoms with E-state index in [0.29, 0.717) is 5.56 Å². The maximum Gasteiger partial charge on any atom is 0.338 e. The summed E-state index contributed by atoms with van der Waals surface area (Å²) in [5, 5.41) is 9.42. The van der Waals surface area contributed by atoms with Crippen LogP contribution in [0, 0.1) is 0 Å². The van der Waals surface area contributed by atoms with Crippen LogP contribution in [0.2, 0.25) is 0 Å². The lowest BCUT2D eigenvalue weighted by atomic mass is 10.2. The van der Waals surface area contributed by atoms with E-state index in [4.69, 9.17) is 9.47 Å². The Labute approximate surface area is 100 Å². The topological polar surface area (TPSA) is 55.8 Å². The quantitative estimate of drug-likeness (QED) is 0.819. The third-order valence-electron chi connectivity index (χ3n) is 2.99. The van der Waals surface area contributed by atoms with Gasteiger partial charge in [-0.05, 0) is 43.9 Å². The van der Waals surface area contributed by atoms with Gasteiger partial charge in [0, 0.05) is 0 Å². The van der Waals surface area contributed by atoms with E-state index in [1.807, 2.05) is 0 Å². The molecule has 0 spiro atoms. The number of hydrogen-bond donors (Lipinski definition) is 1. The highest BCUT2D eigenvalue weighted by Crippen LogP contribution is 2.28. The van der Waals surface area contributed by atoms with Gasteiger partial charge < -0.3 is 14.6 Å². The number of benzene rings is 1. The van der Waals surface area contributed by atoms with Gasteiger partial charge in [-0.25, -0.2) is 4.79 Å². The minimum Gasteiger partial charge on any atom is -0.504 e. The van der Waals surface area contributed by atoms with Gasteiger partial charge in [-0.1, -0.05) is 0 Å². The Balaban J connectivity index is 2.07. The predicted molar refractivity (Wildman–Crippen MR) is 62.3 cm³/mol. The van der Waals surface area contributed by atoms with Crippen molar-refractivity contribution in [2.24, 2.45) is 0 Å². The molecule has 1 aliphatic rings. The second-order valence-corrected chi connectivity index (χ2v) is 4.20. The molecule has 0 radical (unpaired) electrons. The molecule has 0 aliphatic heterocycles. The molecule has 0 bridgehead atoms. The van der Waals surface area contributed by atoms with Gasteiger partial charge in [0.2, 0.25) is 0 Å². The highest BCUT2D eigenvalue weighted by Gasteiger charge is 2.20. The molecule has 1 saturated carbocycles. The Bertz CT molecular complexity index is 408. The second kappa shape index (κ2) is 5.08. The molecule has 17 heavy (non-hydrogen) atoms. The van der Waals surface area contributed by atoms with Crippen molar-refractivity contribution in [1.29, 1.82) is 0 Å². The normalized spacial score (nSPS) is 15.8. The Morgan fingerprint density at radius 1 is 1.35 bits per heavy atom. The minimum atomic E-state index is -0.352. The SMILES string of the molecule is COc1cc(C(=O)OC2CCCC2)ccc1O. The predicted octanol–water partition coefficient (Wildman–Crippen LogP) is 2.50. The van der Waals surface area contributed by atoms with Crippen LogP contribution in [-0.4, -0.2) is 24.3 Å². The lowest BCUT2D eigenvalue weighted by molar-refractivity contribution is 0.0317. The standard InChI is InChI=1S/C13H16O4/c1-16-12-8-9(6-7-11(12)14)13(15)17-10-4-2-3-5-10/h6-8,10,14H,2-5H2,1H3. The molecule has 0 atom stereocenters. The number of ether oxygens (including phenoxy) is 2. The first kappa shape index (κ1) is 11.8. The summed E-state index contributed by atoms with van der Waals surface area (Å²) >= 11 is 0. The van der Waals surface area contributed by atoms with Crippen molar-refractivity contribution in [3.8, 4) is 11.5 Å². The second-order valence-electron chi connectivity index (χ2n) is 4.20. The molecule has 0 heterocycles. The molecule has 0 aromatic heterocycles. The van der Waals surface area contributed by atoms with Gasteiger partial charge in [-0.15, -0.1) is 0 Å². The Morgan fingerprint density at radius 3 is 2.71 bits per heavy atom. The van der Waals surface area contributed by atoms with Gasteiger partial charge >= 0.3 is 5.97 Å². The fourth-order valence-corrected chi connectivity index (χ4v) is 2.03. The van der Waals surface area contributed by atoms with Gasteiger partial charge in [-0.2, -0.15) is 0 Å². The number of aromatic hydroxyl groups is 1. The molecule has 92 valence electrons. The molecular weight excluding hydrogens is 220 g/mol. The monoisotopic (exact) mass is 236 g/mol. The largest absolute Gasteiger partial charge is 0.504 e. The van der Waals surface area contributed by atoms with Gasteiger partial charge in [0.1, 0.15) is 6.10 Å². The summed E-state index contributed by atoms with van der Waals surface area (Å²) in [7, 11) is 1.45. The fourth-order valence-electron chi connectivity index (χ4n) is 2.03. The zero-order chi connectivity index (χ0) is 12.3. The lowest BCUT2D eigenvalue weighted by Gasteiger charge is -2.12. The zero-order valence-electron chi connectivity index (χ0n) is 9.81. The summed E-state index contributed by atoms with van der Waals surface area (Å²) < 4.78 is 10.3. The average Bonchev–Trinajstić information content (AvgIpc) is 2.82. The molecule has 1 aliphatic carbocycles. The van der Waals surface area contributed by atoms with Crippen LogP contribution >= 0.6 is 0 Å². The summed E-state index contributed by atoms with van der Waals surface area (Å²) in [5.74, 6) is -0.0500. The van der Waals surface area contributed by atoms with Crippen molar-refractivity contribution in [3.63, 3.8) is 0 Å². The first-order chi connectivity index (χ1) is 8.20. The van der Waals surface area contributed by atoms with E-state index in [2.05, 4.69) is 0 Å². The summed E-state index contributed by atoms with van der Waals surface area (Å²) in [5.41, 5.74) is 0.409. The van der Waals surface area contributed by atoms with E-state index in [9.17, 15) is 9.90 Å². The van der Waals surface area contributed by atoms with E-state index in [1.165, 1.54) is 25.3 Å². The van der Waals surface area contributed by atoms with E-state index in [-0.39, 0.29) is 23.6 Å². The minimum absolute atomic E-state index is 0.0184. The van der Waals surface area contributed by atoms with Crippen molar-refractivity contribution < 1.29 is 19.4 Å². The fraction of sp³-hybridized carbons (Fsp3) is 0.462. The van der Waals surface area contributed by atoms with Gasteiger partial charge in [0.15, 0.2) is 11.5 Å². The summed E-state index contributed by atoms with van der Waals surface area (Å²) in [6.07, 6.45) is 4.18. The Hall–Kier alpha value is -1.71. The number of rotatable bonds is 3. The third-order valence-corrected chi connectivity index (χ3v) is 2.99. The zero-order valence-corrected chi connectivity index (χ0v) is 9.81. The average molecular weight is 236 g/mol. The van der Waals surface area contributed by atoms with E-state index in [1.54, 1.807) is 0 Å². The van der Waals surface area contributed by atoms with Gasteiger partial charge in [0.25, 0.3) is 0 Å². The lowest BCUT2D eigenvalue weighted by Crippen LogP contribution is -2.14. The highest BCUT2D eigenvalue weighted by molar-refractivity contribution is 5.90. The maximum atomic E-state index is 11.8. The maximum absolute atomic E-state index is 11.8. The number of methoxy groups -OCH3 is 1. The van der Waals surface area contributed by atoms with Crippen LogP contribution in [0.15, 0.2) is 18.2 Å². The molecule has 4 heteroatoms. The first-order valence-electron chi connectivity index (χ1n) is 5.78. The van der Waals surface area contributed by atoms with Crippen molar-refractivity contribution in [2.75, 3.05) is 7.11 Å². The van der Waals surface area contributed by atoms with Crippen LogP contribution in [0.5, 0.6) is 11.5 Å². The number of hydrogen-bond acceptors (Lipinski definition) is 4. The van der Waals surface area contributed by atoms with Crippen LogP contribution in [0.4, 0.5) is 0 Å².